The van der Waals surface area contributed by atoms with Crippen molar-refractivity contribution in [2.24, 2.45) is 0 Å². The van der Waals surface area contributed by atoms with Crippen molar-refractivity contribution in [1.82, 2.24) is 6.15 Å². The van der Waals surface area contributed by atoms with E-state index in [2.05, 4.69) is 54.1 Å². The Balaban J connectivity index is 0. The molecule has 36 heavy (non-hydrogen) atoms. The Morgan fingerprint density at radius 2 is 0.889 bits per heavy atom. The van der Waals surface area contributed by atoms with Gasteiger partial charge >= 0.3 is 214 Å². The summed E-state index contributed by atoms with van der Waals surface area (Å²) in [5, 5.41) is 0. The van der Waals surface area contributed by atoms with Crippen molar-refractivity contribution in [2.45, 2.75) is 167 Å². The van der Waals surface area contributed by atoms with Gasteiger partial charge < -0.3 is 18.6 Å². The predicted molar refractivity (Wildman–Crippen MR) is 166 cm³/mol. The molecule has 4 N–H and O–H groups in total. The third-order valence-corrected chi connectivity index (χ3v) is 20.0. The van der Waals surface area contributed by atoms with Crippen LogP contribution in [-0.4, -0.2) is 18.4 Å². The van der Waals surface area contributed by atoms with Crippen LogP contribution in [0.3, 0.4) is 0 Å². The molecule has 0 spiro atoms. The fourth-order valence-electron chi connectivity index (χ4n) is 5.77. The summed E-state index contributed by atoms with van der Waals surface area (Å²) in [6, 6.07) is 11.6. The second-order valence-electron chi connectivity index (χ2n) is 11.9. The molecule has 0 aliphatic heterocycles. The fraction of sp³-hybridized carbons (Fsp3) is 0.818. The van der Waals surface area contributed by atoms with Crippen LogP contribution >= 0.6 is 0 Å². The van der Waals surface area contributed by atoms with Crippen molar-refractivity contribution in [3.63, 3.8) is 0 Å². The summed E-state index contributed by atoms with van der Waals surface area (Å²) in [5.41, 5.74) is 1.67. The molecule has 0 aliphatic rings. The van der Waals surface area contributed by atoms with Crippen LogP contribution in [0.25, 0.3) is 0 Å². The van der Waals surface area contributed by atoms with E-state index in [0.717, 1.165) is 3.93 Å². The van der Waals surface area contributed by atoms with Gasteiger partial charge in [0.15, 0.2) is 0 Å². The third-order valence-electron chi connectivity index (χ3n) is 8.17. The van der Waals surface area contributed by atoms with Crippen LogP contribution in [0.1, 0.15) is 158 Å². The average Bonchev–Trinajstić information content (AvgIpc) is 2.84. The Labute approximate surface area is 238 Å². The van der Waals surface area contributed by atoms with E-state index < -0.39 is 18.4 Å². The van der Waals surface area contributed by atoms with Crippen molar-refractivity contribution >= 4 is 18.4 Å². The third kappa shape index (κ3) is 20.3. The molecule has 0 heterocycles. The summed E-state index contributed by atoms with van der Waals surface area (Å²) in [4.78, 5) is 5.52. The molecular formula is C33H66ClNSn. The zero-order valence-electron chi connectivity index (χ0n) is 25.4. The molecule has 1 unspecified atom stereocenters. The molecule has 0 fully saturated rings. The number of hydrogen-bond donors (Lipinski definition) is 1. The first-order valence-electron chi connectivity index (χ1n) is 15.7. The van der Waals surface area contributed by atoms with Gasteiger partial charge in [0.2, 0.25) is 0 Å². The van der Waals surface area contributed by atoms with Crippen LogP contribution in [0.15, 0.2) is 30.3 Å². The first-order valence-corrected chi connectivity index (χ1v) is 25.0. The zero-order valence-corrected chi connectivity index (χ0v) is 29.0. The van der Waals surface area contributed by atoms with Gasteiger partial charge in [0.25, 0.3) is 0 Å². The second-order valence-corrected chi connectivity index (χ2v) is 26.6. The van der Waals surface area contributed by atoms with E-state index in [1.165, 1.54) is 135 Å². The minimum atomic E-state index is -2.11. The minimum Gasteiger partial charge on any atom is -1.00 e. The Kier molecular flexibility index (Phi) is 28.7. The number of rotatable bonds is 24. The van der Waals surface area contributed by atoms with Gasteiger partial charge in [0, 0.05) is 0 Å². The molecule has 1 rings (SSSR count). The number of benzene rings is 1. The molecular weight excluding hydrogens is 565 g/mol. The van der Waals surface area contributed by atoms with Crippen LogP contribution in [0.4, 0.5) is 0 Å². The first kappa shape index (κ1) is 38.4. The number of quaternary nitrogens is 1. The fourth-order valence-corrected chi connectivity index (χ4v) is 16.0. The Bertz CT molecular complexity index is 548. The van der Waals surface area contributed by atoms with Gasteiger partial charge in [-0.1, -0.05) is 6.92 Å². The maximum absolute atomic E-state index is 2.76. The molecule has 1 atom stereocenters. The molecule has 3 heteroatoms. The van der Waals surface area contributed by atoms with E-state index in [-0.39, 0.29) is 18.6 Å². The molecule has 0 radical (unpaired) electrons. The Morgan fingerprint density at radius 3 is 1.31 bits per heavy atom. The molecule has 0 bridgehead atoms. The average molecular weight is 631 g/mol. The Morgan fingerprint density at radius 1 is 0.528 bits per heavy atom. The Hall–Kier alpha value is 0.269. The van der Waals surface area contributed by atoms with E-state index in [0.29, 0.717) is 0 Å². The van der Waals surface area contributed by atoms with Gasteiger partial charge in [-0.3, -0.25) is 0 Å². The summed E-state index contributed by atoms with van der Waals surface area (Å²) in [7, 11) is 0. The number of hydrogen-bond acceptors (Lipinski definition) is 0. The number of unbranched alkanes of at least 4 members (excludes halogenated alkanes) is 18. The molecule has 1 aromatic carbocycles. The molecule has 1 aromatic rings. The van der Waals surface area contributed by atoms with E-state index in [9.17, 15) is 0 Å². The van der Waals surface area contributed by atoms with E-state index in [1.54, 1.807) is 10.0 Å². The van der Waals surface area contributed by atoms with E-state index in [1.807, 2.05) is 0 Å². The van der Waals surface area contributed by atoms with Gasteiger partial charge in [-0.25, -0.2) is 0 Å². The van der Waals surface area contributed by atoms with Gasteiger partial charge in [0.1, 0.15) is 0 Å². The van der Waals surface area contributed by atoms with E-state index in [4.69, 9.17) is 0 Å². The molecule has 0 amide bonds. The minimum absolute atomic E-state index is 0. The standard InChI is InChI=1S/C19H31.C12H25.2CH3.ClH.H3N.Sn/c1-2-3-4-5-6-7-8-9-10-11-13-16-19-17-14-12-15-18-19;1-3-5-7-9-11-12-10-8-6-4-2;;;;;/h12,14-18H,2-11,13H2,1H3;1,3-12H2,2H3;2*1H3;1H;1H3;. The summed E-state index contributed by atoms with van der Waals surface area (Å²) in [6.07, 6.45) is 30.5. The van der Waals surface area contributed by atoms with Crippen LogP contribution in [0.2, 0.25) is 14.3 Å². The topological polar surface area (TPSA) is 36.5 Å². The van der Waals surface area contributed by atoms with Gasteiger partial charge in [-0.2, -0.15) is 0 Å². The van der Waals surface area contributed by atoms with Crippen molar-refractivity contribution in [2.75, 3.05) is 0 Å². The van der Waals surface area contributed by atoms with Crippen molar-refractivity contribution in [3.8, 4) is 0 Å². The van der Waals surface area contributed by atoms with Crippen LogP contribution in [0, 0.1) is 0 Å². The summed E-state index contributed by atoms with van der Waals surface area (Å²) < 4.78 is 2.51. The van der Waals surface area contributed by atoms with Crippen LogP contribution < -0.4 is 18.6 Å². The SMILES string of the molecule is CCCCCCCCCCCC[CH](c1ccccc1)[Sn]([CH3])([CH3])[CH2]CCCCCCCCCCC.[Cl-].[NH4+]. The first-order chi connectivity index (χ1) is 16.6. The van der Waals surface area contributed by atoms with Crippen LogP contribution in [0.5, 0.6) is 0 Å². The predicted octanol–water partition coefficient (Wildman–Crippen LogP) is 9.63. The second kappa shape index (κ2) is 26.9. The van der Waals surface area contributed by atoms with Crippen molar-refractivity contribution in [3.05, 3.63) is 35.9 Å². The van der Waals surface area contributed by atoms with Crippen molar-refractivity contribution in [1.29, 1.82) is 0 Å². The molecule has 0 saturated heterocycles. The van der Waals surface area contributed by atoms with Gasteiger partial charge in [-0.05, 0) is 0 Å². The van der Waals surface area contributed by atoms with Gasteiger partial charge in [0.05, 0.1) is 0 Å². The smallest absolute Gasteiger partial charge is 1.00 e. The summed E-state index contributed by atoms with van der Waals surface area (Å²) in [6.45, 7) is 4.62. The quantitative estimate of drug-likeness (QED) is 0.0872. The maximum atomic E-state index is 2.76. The molecule has 0 saturated carbocycles. The summed E-state index contributed by atoms with van der Waals surface area (Å²) in [5.74, 6) is 0. The molecule has 1 nitrogen and oxygen atoms in total. The molecule has 214 valence electrons. The van der Waals surface area contributed by atoms with Crippen molar-refractivity contribution < 1.29 is 12.4 Å². The normalized spacial score (nSPS) is 12.1. The number of halogens is 1. The molecule has 0 aliphatic carbocycles. The zero-order chi connectivity index (χ0) is 24.7. The summed E-state index contributed by atoms with van der Waals surface area (Å²) >= 11 is -2.11. The molecule has 0 aromatic heterocycles. The van der Waals surface area contributed by atoms with E-state index >= 15 is 0 Å². The monoisotopic (exact) mass is 631 g/mol. The van der Waals surface area contributed by atoms with Crippen LogP contribution in [-0.2, 0) is 0 Å². The van der Waals surface area contributed by atoms with Gasteiger partial charge in [-0.15, -0.1) is 0 Å².